The van der Waals surface area contributed by atoms with Gasteiger partial charge in [-0.05, 0) is 36.8 Å². The molecule has 0 bridgehead atoms. The molecular formula is C21H26O3. The third-order valence-corrected chi connectivity index (χ3v) is 4.28. The van der Waals surface area contributed by atoms with Crippen LogP contribution in [0, 0.1) is 0 Å². The molecule has 2 aromatic rings. The van der Waals surface area contributed by atoms with E-state index in [-0.39, 0.29) is 5.78 Å². The van der Waals surface area contributed by atoms with Crippen molar-refractivity contribution in [1.29, 1.82) is 0 Å². The average molecular weight is 326 g/mol. The quantitative estimate of drug-likeness (QED) is 0.665. The second kappa shape index (κ2) is 10.0. The van der Waals surface area contributed by atoms with Crippen molar-refractivity contribution in [1.82, 2.24) is 0 Å². The van der Waals surface area contributed by atoms with E-state index in [0.29, 0.717) is 12.8 Å². The number of carbonyl (C=O) groups excluding carboxylic acids is 1. The molecule has 3 heteroatoms. The standard InChI is InChI=1S/C21H26O3/c1-23-19(15-13-17-9-5-3-6-10-17)21(22)20(24-2)16-14-18-11-7-4-8-12-18/h3-12,19-20H,13-16H2,1-2H3. The Hall–Kier alpha value is -1.97. The summed E-state index contributed by atoms with van der Waals surface area (Å²) in [5, 5.41) is 0. The third-order valence-electron chi connectivity index (χ3n) is 4.28. The number of hydrogen-bond donors (Lipinski definition) is 0. The molecule has 0 spiro atoms. The van der Waals surface area contributed by atoms with E-state index >= 15 is 0 Å². The van der Waals surface area contributed by atoms with E-state index in [1.165, 1.54) is 11.1 Å². The first-order valence-corrected chi connectivity index (χ1v) is 8.41. The van der Waals surface area contributed by atoms with Gasteiger partial charge in [0.2, 0.25) is 0 Å². The minimum atomic E-state index is -0.425. The summed E-state index contributed by atoms with van der Waals surface area (Å²) in [4.78, 5) is 12.7. The molecule has 2 rings (SSSR count). The minimum absolute atomic E-state index is 0.0341. The van der Waals surface area contributed by atoms with Gasteiger partial charge in [-0.1, -0.05) is 60.7 Å². The van der Waals surface area contributed by atoms with Gasteiger partial charge in [0.25, 0.3) is 0 Å². The lowest BCUT2D eigenvalue weighted by molar-refractivity contribution is -0.139. The average Bonchev–Trinajstić information content (AvgIpc) is 2.64. The van der Waals surface area contributed by atoms with Crippen LogP contribution in [0.1, 0.15) is 24.0 Å². The van der Waals surface area contributed by atoms with Gasteiger partial charge >= 0.3 is 0 Å². The van der Waals surface area contributed by atoms with Gasteiger partial charge < -0.3 is 9.47 Å². The van der Waals surface area contributed by atoms with Gasteiger partial charge in [-0.2, -0.15) is 0 Å². The van der Waals surface area contributed by atoms with Crippen molar-refractivity contribution in [3.8, 4) is 0 Å². The summed E-state index contributed by atoms with van der Waals surface area (Å²) in [6.07, 6.45) is 2.13. The Bertz CT molecular complexity index is 541. The highest BCUT2D eigenvalue weighted by atomic mass is 16.5. The van der Waals surface area contributed by atoms with Gasteiger partial charge in [0.15, 0.2) is 5.78 Å². The largest absolute Gasteiger partial charge is 0.374 e. The Kier molecular flexibility index (Phi) is 7.66. The molecule has 0 heterocycles. The van der Waals surface area contributed by atoms with Crippen molar-refractivity contribution >= 4 is 5.78 Å². The molecule has 0 amide bonds. The lowest BCUT2D eigenvalue weighted by atomic mass is 9.97. The molecule has 24 heavy (non-hydrogen) atoms. The van der Waals surface area contributed by atoms with Gasteiger partial charge in [-0.3, -0.25) is 4.79 Å². The minimum Gasteiger partial charge on any atom is -0.374 e. The van der Waals surface area contributed by atoms with Crippen molar-refractivity contribution < 1.29 is 14.3 Å². The van der Waals surface area contributed by atoms with Crippen molar-refractivity contribution in [2.75, 3.05) is 14.2 Å². The number of benzene rings is 2. The van der Waals surface area contributed by atoms with E-state index in [9.17, 15) is 4.79 Å². The van der Waals surface area contributed by atoms with Gasteiger partial charge in [0.1, 0.15) is 12.2 Å². The van der Waals surface area contributed by atoms with Crippen LogP contribution in [-0.2, 0) is 27.1 Å². The molecule has 0 aliphatic rings. The lowest BCUT2D eigenvalue weighted by Gasteiger charge is -2.20. The first-order chi connectivity index (χ1) is 11.7. The van der Waals surface area contributed by atoms with Crippen LogP contribution in [0.5, 0.6) is 0 Å². The zero-order chi connectivity index (χ0) is 17.2. The van der Waals surface area contributed by atoms with Crippen molar-refractivity contribution in [3.63, 3.8) is 0 Å². The second-order valence-electron chi connectivity index (χ2n) is 5.90. The predicted molar refractivity (Wildman–Crippen MR) is 96.1 cm³/mol. The van der Waals surface area contributed by atoms with Crippen molar-refractivity contribution in [2.45, 2.75) is 37.9 Å². The number of Topliss-reactive ketones (excluding diaryl/α,β-unsaturated/α-hetero) is 1. The van der Waals surface area contributed by atoms with E-state index in [0.717, 1.165) is 12.8 Å². The monoisotopic (exact) mass is 326 g/mol. The molecule has 0 fully saturated rings. The van der Waals surface area contributed by atoms with E-state index in [2.05, 4.69) is 24.3 Å². The first-order valence-electron chi connectivity index (χ1n) is 8.41. The van der Waals surface area contributed by atoms with Crippen molar-refractivity contribution in [3.05, 3.63) is 71.8 Å². The van der Waals surface area contributed by atoms with Crippen LogP contribution in [0.2, 0.25) is 0 Å². The maximum absolute atomic E-state index is 12.7. The summed E-state index contributed by atoms with van der Waals surface area (Å²) in [5.41, 5.74) is 2.43. The highest BCUT2D eigenvalue weighted by molar-refractivity contribution is 5.87. The molecule has 0 N–H and O–H groups in total. The molecule has 2 atom stereocenters. The Balaban J connectivity index is 1.89. The van der Waals surface area contributed by atoms with Crippen LogP contribution >= 0.6 is 0 Å². The van der Waals surface area contributed by atoms with Crippen LogP contribution in [0.3, 0.4) is 0 Å². The Morgan fingerprint density at radius 2 is 1.12 bits per heavy atom. The van der Waals surface area contributed by atoms with Crippen LogP contribution in [0.15, 0.2) is 60.7 Å². The molecule has 0 aromatic heterocycles. The third kappa shape index (κ3) is 5.59. The van der Waals surface area contributed by atoms with Crippen LogP contribution in [0.25, 0.3) is 0 Å². The number of ketones is 1. The Morgan fingerprint density at radius 1 is 0.750 bits per heavy atom. The highest BCUT2D eigenvalue weighted by Crippen LogP contribution is 2.14. The van der Waals surface area contributed by atoms with Gasteiger partial charge in [-0.15, -0.1) is 0 Å². The molecular weight excluding hydrogens is 300 g/mol. The summed E-state index contributed by atoms with van der Waals surface area (Å²) in [6.45, 7) is 0. The number of hydrogen-bond acceptors (Lipinski definition) is 3. The van der Waals surface area contributed by atoms with E-state index in [1.54, 1.807) is 14.2 Å². The molecule has 0 saturated carbocycles. The van der Waals surface area contributed by atoms with E-state index in [4.69, 9.17) is 9.47 Å². The molecule has 0 saturated heterocycles. The Morgan fingerprint density at radius 3 is 1.46 bits per heavy atom. The molecule has 128 valence electrons. The fraction of sp³-hybridized carbons (Fsp3) is 0.381. The molecule has 0 aliphatic heterocycles. The van der Waals surface area contributed by atoms with E-state index < -0.39 is 12.2 Å². The SMILES string of the molecule is COC(CCc1ccccc1)C(=O)C(CCc1ccccc1)OC. The summed E-state index contributed by atoms with van der Waals surface area (Å²) < 4.78 is 10.9. The maximum Gasteiger partial charge on any atom is 0.190 e. The summed E-state index contributed by atoms with van der Waals surface area (Å²) in [6, 6.07) is 20.3. The molecule has 2 aromatic carbocycles. The normalized spacial score (nSPS) is 13.4. The fourth-order valence-electron chi connectivity index (χ4n) is 2.84. The zero-order valence-corrected chi connectivity index (χ0v) is 14.5. The summed E-state index contributed by atoms with van der Waals surface area (Å²) in [5.74, 6) is 0.0341. The lowest BCUT2D eigenvalue weighted by Crippen LogP contribution is -2.35. The molecule has 3 nitrogen and oxygen atoms in total. The van der Waals surface area contributed by atoms with Crippen LogP contribution in [0.4, 0.5) is 0 Å². The molecule has 2 unspecified atom stereocenters. The highest BCUT2D eigenvalue weighted by Gasteiger charge is 2.26. The molecule has 0 radical (unpaired) electrons. The summed E-state index contributed by atoms with van der Waals surface area (Å²) >= 11 is 0. The number of carbonyl (C=O) groups is 1. The first kappa shape index (κ1) is 18.4. The Labute approximate surface area is 144 Å². The molecule has 0 aliphatic carbocycles. The number of methoxy groups -OCH3 is 2. The topological polar surface area (TPSA) is 35.5 Å². The number of ether oxygens (including phenoxy) is 2. The smallest absolute Gasteiger partial charge is 0.190 e. The predicted octanol–water partition coefficient (Wildman–Crippen LogP) is 3.85. The van der Waals surface area contributed by atoms with Gasteiger partial charge in [-0.25, -0.2) is 0 Å². The van der Waals surface area contributed by atoms with Crippen LogP contribution < -0.4 is 0 Å². The van der Waals surface area contributed by atoms with Crippen molar-refractivity contribution in [2.24, 2.45) is 0 Å². The zero-order valence-electron chi connectivity index (χ0n) is 14.5. The second-order valence-corrected chi connectivity index (χ2v) is 5.90. The van der Waals surface area contributed by atoms with Crippen LogP contribution in [-0.4, -0.2) is 32.2 Å². The van der Waals surface area contributed by atoms with Gasteiger partial charge in [0.05, 0.1) is 0 Å². The summed E-state index contributed by atoms with van der Waals surface area (Å²) in [7, 11) is 3.19. The fourth-order valence-corrected chi connectivity index (χ4v) is 2.84. The van der Waals surface area contributed by atoms with Gasteiger partial charge in [0, 0.05) is 14.2 Å². The van der Waals surface area contributed by atoms with E-state index in [1.807, 2.05) is 36.4 Å². The number of rotatable bonds is 10. The number of aryl methyl sites for hydroxylation is 2. The maximum atomic E-state index is 12.7.